The largest absolute Gasteiger partial charge is 0.484 e. The number of hydrogen-bond donors (Lipinski definition) is 2. The van der Waals surface area contributed by atoms with Crippen molar-refractivity contribution in [2.45, 2.75) is 6.61 Å². The maximum atomic E-state index is 13.5. The van der Waals surface area contributed by atoms with Crippen molar-refractivity contribution < 1.29 is 10.6 Å². The number of aromatic nitrogens is 1. The molecular weight excluding hydrogens is 241 g/mol. The minimum absolute atomic E-state index is 0. The number of nitrogen functional groups attached to an aromatic ring is 1. The molecule has 0 unspecified atom stereocenters. The molecule has 0 fully saturated rings. The van der Waals surface area contributed by atoms with Crippen LogP contribution in [0.25, 0.3) is 0 Å². The summed E-state index contributed by atoms with van der Waals surface area (Å²) in [6, 6.07) is 2.56. The predicted octanol–water partition coefficient (Wildman–Crippen LogP) is 2.69. The standard InChI is InChI=1S/C11H10FN3OS.H2/c12-9-1-7(3-13)10(14)2-11(9)16-4-8-5-17-6-15-8;/h1-3,5-6,13H,4,14H2;1H. The van der Waals surface area contributed by atoms with Crippen LogP contribution in [-0.4, -0.2) is 11.2 Å². The molecule has 0 radical (unpaired) electrons. The third-order valence-corrected chi connectivity index (χ3v) is 2.79. The molecule has 6 heteroatoms. The van der Waals surface area contributed by atoms with Crippen molar-refractivity contribution in [3.05, 3.63) is 40.1 Å². The van der Waals surface area contributed by atoms with Crippen LogP contribution in [-0.2, 0) is 6.61 Å². The zero-order chi connectivity index (χ0) is 12.3. The van der Waals surface area contributed by atoms with Crippen molar-refractivity contribution in [2.24, 2.45) is 0 Å². The normalized spacial score (nSPS) is 10.2. The zero-order valence-corrected chi connectivity index (χ0v) is 9.63. The van der Waals surface area contributed by atoms with Crippen molar-refractivity contribution in [2.75, 3.05) is 5.73 Å². The Morgan fingerprint density at radius 1 is 1.59 bits per heavy atom. The molecule has 4 nitrogen and oxygen atoms in total. The Balaban J connectivity index is 0.00000162. The Bertz CT molecular complexity index is 533. The second-order valence-corrected chi connectivity index (χ2v) is 4.04. The van der Waals surface area contributed by atoms with Crippen molar-refractivity contribution in [3.8, 4) is 5.75 Å². The van der Waals surface area contributed by atoms with Gasteiger partial charge in [0.05, 0.1) is 11.2 Å². The summed E-state index contributed by atoms with van der Waals surface area (Å²) in [5.74, 6) is -0.464. The Hall–Kier alpha value is -1.95. The van der Waals surface area contributed by atoms with E-state index in [1.807, 2.05) is 5.38 Å². The molecular formula is C11H12FN3OS. The molecule has 0 spiro atoms. The molecule has 0 bridgehead atoms. The predicted molar refractivity (Wildman–Crippen MR) is 67.3 cm³/mol. The number of ether oxygens (including phenoxy) is 1. The Kier molecular flexibility index (Phi) is 3.34. The van der Waals surface area contributed by atoms with Gasteiger partial charge in [-0.25, -0.2) is 9.37 Å². The van der Waals surface area contributed by atoms with E-state index in [2.05, 4.69) is 4.98 Å². The zero-order valence-electron chi connectivity index (χ0n) is 8.81. The Morgan fingerprint density at radius 2 is 2.41 bits per heavy atom. The third-order valence-electron chi connectivity index (χ3n) is 2.15. The minimum Gasteiger partial charge on any atom is -0.484 e. The van der Waals surface area contributed by atoms with E-state index in [0.717, 1.165) is 11.9 Å². The number of hydrogen-bond acceptors (Lipinski definition) is 5. The minimum atomic E-state index is -0.534. The number of thiazole rings is 1. The van der Waals surface area contributed by atoms with E-state index in [-0.39, 0.29) is 13.8 Å². The van der Waals surface area contributed by atoms with Gasteiger partial charge in [0.1, 0.15) is 6.61 Å². The van der Waals surface area contributed by atoms with Crippen molar-refractivity contribution >= 4 is 23.2 Å². The lowest BCUT2D eigenvalue weighted by molar-refractivity contribution is 0.287. The van der Waals surface area contributed by atoms with Crippen molar-refractivity contribution in [1.82, 2.24) is 4.98 Å². The van der Waals surface area contributed by atoms with E-state index in [0.29, 0.717) is 11.3 Å². The lowest BCUT2D eigenvalue weighted by Gasteiger charge is -2.08. The first-order valence-electron chi connectivity index (χ1n) is 4.80. The molecule has 0 atom stereocenters. The Labute approximate surface area is 103 Å². The Morgan fingerprint density at radius 3 is 3.06 bits per heavy atom. The van der Waals surface area contributed by atoms with Crippen LogP contribution in [0.3, 0.4) is 0 Å². The molecule has 17 heavy (non-hydrogen) atoms. The number of nitrogens with zero attached hydrogens (tertiary/aromatic N) is 1. The van der Waals surface area contributed by atoms with E-state index in [1.165, 1.54) is 23.5 Å². The molecule has 1 aromatic carbocycles. The van der Waals surface area contributed by atoms with Gasteiger partial charge >= 0.3 is 0 Å². The number of nitrogens with two attached hydrogens (primary N) is 1. The number of rotatable bonds is 4. The van der Waals surface area contributed by atoms with Crippen LogP contribution in [0, 0.1) is 11.2 Å². The number of benzene rings is 1. The molecule has 2 aromatic rings. The van der Waals surface area contributed by atoms with Gasteiger partial charge in [0.2, 0.25) is 0 Å². The van der Waals surface area contributed by atoms with E-state index in [9.17, 15) is 4.39 Å². The maximum Gasteiger partial charge on any atom is 0.165 e. The van der Waals surface area contributed by atoms with Crippen molar-refractivity contribution in [1.29, 1.82) is 5.41 Å². The molecule has 0 aliphatic rings. The second-order valence-electron chi connectivity index (χ2n) is 3.32. The number of halogens is 1. The molecule has 0 aliphatic carbocycles. The van der Waals surface area contributed by atoms with Gasteiger partial charge in [-0.05, 0) is 6.07 Å². The fourth-order valence-electron chi connectivity index (χ4n) is 1.28. The summed E-state index contributed by atoms with van der Waals surface area (Å²) in [4.78, 5) is 4.02. The maximum absolute atomic E-state index is 13.5. The lowest BCUT2D eigenvalue weighted by atomic mass is 10.2. The first kappa shape index (κ1) is 11.5. The van der Waals surface area contributed by atoms with Gasteiger partial charge in [-0.2, -0.15) is 0 Å². The molecule has 0 amide bonds. The first-order chi connectivity index (χ1) is 8.20. The number of nitrogens with one attached hydrogen (secondary N) is 1. The van der Waals surface area contributed by atoms with Crippen LogP contribution in [0.4, 0.5) is 10.1 Å². The van der Waals surface area contributed by atoms with Crippen LogP contribution in [0.15, 0.2) is 23.0 Å². The summed E-state index contributed by atoms with van der Waals surface area (Å²) in [5.41, 5.74) is 8.71. The summed E-state index contributed by atoms with van der Waals surface area (Å²) in [5, 5.41) is 8.87. The summed E-state index contributed by atoms with van der Waals surface area (Å²) < 4.78 is 18.8. The smallest absolute Gasteiger partial charge is 0.165 e. The van der Waals surface area contributed by atoms with Gasteiger partial charge in [-0.1, -0.05) is 0 Å². The average Bonchev–Trinajstić information content (AvgIpc) is 2.82. The second kappa shape index (κ2) is 4.92. The fraction of sp³-hybridized carbons (Fsp3) is 0.0909. The highest BCUT2D eigenvalue weighted by molar-refractivity contribution is 7.07. The van der Waals surface area contributed by atoms with Crippen LogP contribution in [0.1, 0.15) is 12.7 Å². The van der Waals surface area contributed by atoms with Gasteiger partial charge in [0, 0.05) is 30.3 Å². The summed E-state index contributed by atoms with van der Waals surface area (Å²) in [6.45, 7) is 0.198. The van der Waals surface area contributed by atoms with Crippen LogP contribution < -0.4 is 10.5 Å². The molecule has 90 valence electrons. The molecule has 0 aliphatic heterocycles. The van der Waals surface area contributed by atoms with Gasteiger partial charge in [-0.15, -0.1) is 11.3 Å². The van der Waals surface area contributed by atoms with E-state index in [4.69, 9.17) is 15.9 Å². The average molecular weight is 253 g/mol. The van der Waals surface area contributed by atoms with Gasteiger partial charge in [0.15, 0.2) is 11.6 Å². The highest BCUT2D eigenvalue weighted by Gasteiger charge is 2.08. The van der Waals surface area contributed by atoms with Gasteiger partial charge < -0.3 is 15.9 Å². The fourth-order valence-corrected chi connectivity index (χ4v) is 1.82. The van der Waals surface area contributed by atoms with E-state index in [1.54, 1.807) is 5.51 Å². The molecule has 0 saturated heterocycles. The molecule has 1 heterocycles. The topological polar surface area (TPSA) is 72.0 Å². The summed E-state index contributed by atoms with van der Waals surface area (Å²) in [6.07, 6.45) is 1.00. The lowest BCUT2D eigenvalue weighted by Crippen LogP contribution is -2.01. The third kappa shape index (κ3) is 2.59. The quantitative estimate of drug-likeness (QED) is 0.650. The van der Waals surface area contributed by atoms with Crippen LogP contribution in [0.5, 0.6) is 5.75 Å². The van der Waals surface area contributed by atoms with Crippen LogP contribution >= 0.6 is 11.3 Å². The highest BCUT2D eigenvalue weighted by Crippen LogP contribution is 2.24. The van der Waals surface area contributed by atoms with Crippen molar-refractivity contribution in [3.63, 3.8) is 0 Å². The molecule has 1 aromatic heterocycles. The molecule has 3 N–H and O–H groups in total. The molecule has 2 rings (SSSR count). The van der Waals surface area contributed by atoms with E-state index < -0.39 is 5.82 Å². The summed E-state index contributed by atoms with van der Waals surface area (Å²) >= 11 is 1.45. The van der Waals surface area contributed by atoms with Gasteiger partial charge in [0.25, 0.3) is 0 Å². The van der Waals surface area contributed by atoms with Crippen LogP contribution in [0.2, 0.25) is 0 Å². The summed E-state index contributed by atoms with van der Waals surface area (Å²) in [7, 11) is 0. The van der Waals surface area contributed by atoms with Gasteiger partial charge in [-0.3, -0.25) is 0 Å². The first-order valence-corrected chi connectivity index (χ1v) is 5.74. The molecule has 0 saturated carbocycles. The SMILES string of the molecule is N=Cc1cc(F)c(OCc2cscn2)cc1N.[HH]. The monoisotopic (exact) mass is 253 g/mol. The highest BCUT2D eigenvalue weighted by atomic mass is 32.1. The van der Waals surface area contributed by atoms with E-state index >= 15 is 0 Å². The number of anilines is 1.